The molecule has 0 aliphatic carbocycles. The van der Waals surface area contributed by atoms with Crippen LogP contribution in [-0.2, 0) is 0 Å². The minimum atomic E-state index is -0.708. The number of nitrogens with zero attached hydrogens (tertiary/aromatic N) is 3. The van der Waals surface area contributed by atoms with Crippen LogP contribution in [0.4, 0.5) is 0 Å². The van der Waals surface area contributed by atoms with Gasteiger partial charge >= 0.3 is 5.69 Å². The molecule has 1 aliphatic heterocycles. The van der Waals surface area contributed by atoms with Gasteiger partial charge in [-0.2, -0.15) is 5.10 Å². The Labute approximate surface area is 156 Å². The molecule has 0 unspecified atom stereocenters. The fourth-order valence-corrected chi connectivity index (χ4v) is 3.20. The van der Waals surface area contributed by atoms with Gasteiger partial charge in [-0.25, -0.2) is 9.36 Å². The summed E-state index contributed by atoms with van der Waals surface area (Å²) in [6.07, 6.45) is 3.72. The highest BCUT2D eigenvalue weighted by Gasteiger charge is 2.21. The molecule has 8 heteroatoms. The Morgan fingerprint density at radius 3 is 2.44 bits per heavy atom. The molecule has 2 N–H and O–H groups in total. The summed E-state index contributed by atoms with van der Waals surface area (Å²) in [4.78, 5) is 27.1. The lowest BCUT2D eigenvalue weighted by molar-refractivity contribution is 0.239. The average molecular weight is 372 g/mol. The summed E-state index contributed by atoms with van der Waals surface area (Å²) in [7, 11) is 1.54. The predicted octanol–water partition coefficient (Wildman–Crippen LogP) is 1.84. The highest BCUT2D eigenvalue weighted by Crippen LogP contribution is 2.21. The first kappa shape index (κ1) is 18.8. The minimum absolute atomic E-state index is 0.0264. The number of piperidine rings is 1. The maximum Gasteiger partial charge on any atom is 0.335 e. The molecule has 27 heavy (non-hydrogen) atoms. The van der Waals surface area contributed by atoms with Gasteiger partial charge in [-0.05, 0) is 49.9 Å². The second kappa shape index (κ2) is 8.11. The highest BCUT2D eigenvalue weighted by atomic mass is 16.5. The molecule has 1 aromatic heterocycles. The van der Waals surface area contributed by atoms with Crippen molar-refractivity contribution in [2.75, 3.05) is 20.2 Å². The van der Waals surface area contributed by atoms with E-state index in [1.165, 1.54) is 6.42 Å². The van der Waals surface area contributed by atoms with Crippen molar-refractivity contribution in [1.82, 2.24) is 14.6 Å². The minimum Gasteiger partial charge on any atom is -0.497 e. The fourth-order valence-electron chi connectivity index (χ4n) is 3.20. The number of hydrazone groups is 1. The molecule has 0 amide bonds. The molecule has 1 aliphatic rings. The van der Waals surface area contributed by atoms with Gasteiger partial charge in [0.1, 0.15) is 11.3 Å². The third-order valence-corrected chi connectivity index (χ3v) is 4.63. The molecule has 0 saturated carbocycles. The zero-order chi connectivity index (χ0) is 19.4. The molecule has 2 aromatic rings. The lowest BCUT2D eigenvalue weighted by Gasteiger charge is -2.25. The molecule has 1 fully saturated rings. The van der Waals surface area contributed by atoms with E-state index in [0.717, 1.165) is 30.5 Å². The van der Waals surface area contributed by atoms with Crippen LogP contribution in [0.2, 0.25) is 0 Å². The SMILES string of the molecule is CCC(=NN1CCCCC1)c1c(O)n(-c2ccc(OC)cc2)c(=O)[nH]c1=O. The van der Waals surface area contributed by atoms with Crippen molar-refractivity contribution < 1.29 is 9.84 Å². The fraction of sp³-hybridized carbons (Fsp3) is 0.421. The Hall–Kier alpha value is -3.03. The van der Waals surface area contributed by atoms with Crippen LogP contribution in [0.5, 0.6) is 11.6 Å². The number of aromatic amines is 1. The van der Waals surface area contributed by atoms with Crippen molar-refractivity contribution in [2.24, 2.45) is 5.10 Å². The van der Waals surface area contributed by atoms with Crippen molar-refractivity contribution >= 4 is 5.71 Å². The van der Waals surface area contributed by atoms with E-state index in [9.17, 15) is 14.7 Å². The number of hydrogen-bond donors (Lipinski definition) is 2. The molecular formula is C19H24N4O4. The van der Waals surface area contributed by atoms with Gasteiger partial charge < -0.3 is 9.84 Å². The summed E-state index contributed by atoms with van der Waals surface area (Å²) in [5.41, 5.74) is -0.444. The van der Waals surface area contributed by atoms with Crippen molar-refractivity contribution in [2.45, 2.75) is 32.6 Å². The first-order valence-corrected chi connectivity index (χ1v) is 9.10. The standard InChI is InChI=1S/C19H24N4O4/c1-3-15(21-22-11-5-4-6-12-22)16-17(24)20-19(26)23(18(16)25)13-7-9-14(27-2)10-8-13/h7-10,25H,3-6,11-12H2,1-2H3,(H,20,24,26). The van der Waals surface area contributed by atoms with Crippen molar-refractivity contribution in [3.05, 3.63) is 50.7 Å². The van der Waals surface area contributed by atoms with Gasteiger partial charge in [0.05, 0.1) is 18.5 Å². The van der Waals surface area contributed by atoms with Gasteiger partial charge in [0.2, 0.25) is 5.88 Å². The Balaban J connectivity index is 2.11. The third-order valence-electron chi connectivity index (χ3n) is 4.63. The van der Waals surface area contributed by atoms with E-state index in [2.05, 4.69) is 10.1 Å². The van der Waals surface area contributed by atoms with Crippen LogP contribution >= 0.6 is 0 Å². The second-order valence-corrected chi connectivity index (χ2v) is 6.41. The lowest BCUT2D eigenvalue weighted by atomic mass is 10.1. The number of aromatic hydroxyl groups is 1. The molecule has 8 nitrogen and oxygen atoms in total. The molecule has 0 radical (unpaired) electrons. The van der Waals surface area contributed by atoms with E-state index in [4.69, 9.17) is 4.74 Å². The highest BCUT2D eigenvalue weighted by molar-refractivity contribution is 6.01. The molecule has 3 rings (SSSR count). The van der Waals surface area contributed by atoms with E-state index in [-0.39, 0.29) is 5.56 Å². The van der Waals surface area contributed by atoms with E-state index in [1.807, 2.05) is 11.9 Å². The molecule has 1 aromatic carbocycles. The largest absolute Gasteiger partial charge is 0.497 e. The van der Waals surface area contributed by atoms with Gasteiger partial charge in [0, 0.05) is 13.1 Å². The maximum absolute atomic E-state index is 12.4. The van der Waals surface area contributed by atoms with Crippen LogP contribution in [0.15, 0.2) is 39.0 Å². The van der Waals surface area contributed by atoms with Gasteiger partial charge in [-0.3, -0.25) is 14.8 Å². The molecule has 144 valence electrons. The van der Waals surface area contributed by atoms with Gasteiger partial charge in [-0.1, -0.05) is 6.92 Å². The number of hydrogen-bond acceptors (Lipinski definition) is 6. The Bertz CT molecular complexity index is 938. The van der Waals surface area contributed by atoms with Crippen LogP contribution in [0.1, 0.15) is 38.2 Å². The normalized spacial score (nSPS) is 15.0. The van der Waals surface area contributed by atoms with E-state index in [1.54, 1.807) is 31.4 Å². The van der Waals surface area contributed by atoms with E-state index < -0.39 is 17.1 Å². The van der Waals surface area contributed by atoms with Crippen LogP contribution in [0, 0.1) is 0 Å². The zero-order valence-electron chi connectivity index (χ0n) is 15.6. The molecule has 0 spiro atoms. The number of methoxy groups -OCH3 is 1. The van der Waals surface area contributed by atoms with Gasteiger partial charge in [-0.15, -0.1) is 0 Å². The Kier molecular flexibility index (Phi) is 5.63. The van der Waals surface area contributed by atoms with E-state index >= 15 is 0 Å². The topological polar surface area (TPSA) is 99.9 Å². The predicted molar refractivity (Wildman–Crippen MR) is 103 cm³/mol. The lowest BCUT2D eigenvalue weighted by Crippen LogP contribution is -2.34. The quantitative estimate of drug-likeness (QED) is 0.780. The first-order chi connectivity index (χ1) is 13.0. The molecule has 0 atom stereocenters. The van der Waals surface area contributed by atoms with Crippen LogP contribution in [-0.4, -0.2) is 45.6 Å². The monoisotopic (exact) mass is 372 g/mol. The number of nitrogens with one attached hydrogen (secondary N) is 1. The van der Waals surface area contributed by atoms with Crippen molar-refractivity contribution in [3.63, 3.8) is 0 Å². The van der Waals surface area contributed by atoms with Crippen LogP contribution < -0.4 is 16.0 Å². The summed E-state index contributed by atoms with van der Waals surface area (Å²) in [6, 6.07) is 6.62. The smallest absolute Gasteiger partial charge is 0.335 e. The first-order valence-electron chi connectivity index (χ1n) is 9.10. The van der Waals surface area contributed by atoms with Gasteiger partial charge in [0.15, 0.2) is 0 Å². The summed E-state index contributed by atoms with van der Waals surface area (Å²) in [5, 5.41) is 17.3. The molecule has 1 saturated heterocycles. The van der Waals surface area contributed by atoms with Crippen LogP contribution in [0.25, 0.3) is 5.69 Å². The number of H-pyrrole nitrogens is 1. The summed E-state index contributed by atoms with van der Waals surface area (Å²) < 4.78 is 6.18. The second-order valence-electron chi connectivity index (χ2n) is 6.41. The zero-order valence-corrected chi connectivity index (χ0v) is 15.6. The van der Waals surface area contributed by atoms with Gasteiger partial charge in [0.25, 0.3) is 5.56 Å². The van der Waals surface area contributed by atoms with E-state index in [0.29, 0.717) is 23.6 Å². The summed E-state index contributed by atoms with van der Waals surface area (Å²) in [5.74, 6) is 0.211. The number of ether oxygens (including phenoxy) is 1. The molecule has 0 bridgehead atoms. The average Bonchev–Trinajstić information content (AvgIpc) is 2.68. The number of benzene rings is 1. The Morgan fingerprint density at radius 2 is 1.85 bits per heavy atom. The maximum atomic E-state index is 12.4. The third kappa shape index (κ3) is 3.89. The summed E-state index contributed by atoms with van der Waals surface area (Å²) >= 11 is 0. The number of rotatable bonds is 5. The molecular weight excluding hydrogens is 348 g/mol. The molecule has 2 heterocycles. The van der Waals surface area contributed by atoms with Crippen molar-refractivity contribution in [3.8, 4) is 17.3 Å². The van der Waals surface area contributed by atoms with Crippen molar-refractivity contribution in [1.29, 1.82) is 0 Å². The summed E-state index contributed by atoms with van der Waals surface area (Å²) in [6.45, 7) is 3.51. The Morgan fingerprint density at radius 1 is 1.19 bits per heavy atom. The van der Waals surface area contributed by atoms with Crippen LogP contribution in [0.3, 0.4) is 0 Å². The number of aromatic nitrogens is 2.